The van der Waals surface area contributed by atoms with Crippen LogP contribution in [0.2, 0.25) is 0 Å². The standard InChI is InChI=1S/C23H23N3O5/c1-4-23(15-6-8-16(31-3)9-7-15)21(29)26(22(30)25-23)12-19(27)14-5-10-18-17(11-14)13(2)20(28)24-18/h5-11,13H,4,12H2,1-3H3,(H,24,28)(H,25,30)/t13-,23+/m0/s1. The van der Waals surface area contributed by atoms with Gasteiger partial charge in [0.1, 0.15) is 11.3 Å². The summed E-state index contributed by atoms with van der Waals surface area (Å²) in [7, 11) is 1.55. The van der Waals surface area contributed by atoms with Crippen molar-refractivity contribution < 1.29 is 23.9 Å². The Morgan fingerprint density at radius 2 is 1.84 bits per heavy atom. The molecule has 4 rings (SSSR count). The minimum absolute atomic E-state index is 0.124. The Balaban J connectivity index is 1.58. The second kappa shape index (κ2) is 7.54. The van der Waals surface area contributed by atoms with Gasteiger partial charge in [-0.3, -0.25) is 19.3 Å². The number of nitrogens with zero attached hydrogens (tertiary/aromatic N) is 1. The lowest BCUT2D eigenvalue weighted by atomic mass is 9.87. The molecule has 0 aromatic heterocycles. The minimum Gasteiger partial charge on any atom is -0.497 e. The summed E-state index contributed by atoms with van der Waals surface area (Å²) in [5.41, 5.74) is 1.15. The van der Waals surface area contributed by atoms with Crippen LogP contribution in [0.1, 0.15) is 47.7 Å². The number of nitrogens with one attached hydrogen (secondary N) is 2. The molecule has 0 aliphatic carbocycles. The van der Waals surface area contributed by atoms with E-state index in [1.807, 2.05) is 0 Å². The van der Waals surface area contributed by atoms with Crippen LogP contribution < -0.4 is 15.4 Å². The molecule has 31 heavy (non-hydrogen) atoms. The van der Waals surface area contributed by atoms with E-state index in [9.17, 15) is 19.2 Å². The number of carbonyl (C=O) groups is 4. The van der Waals surface area contributed by atoms with Crippen LogP contribution >= 0.6 is 0 Å². The number of fused-ring (bicyclic) bond motifs is 1. The number of hydrogen-bond donors (Lipinski definition) is 2. The highest BCUT2D eigenvalue weighted by molar-refractivity contribution is 6.12. The van der Waals surface area contributed by atoms with Crippen LogP contribution in [-0.4, -0.2) is 42.2 Å². The molecule has 2 aromatic carbocycles. The average molecular weight is 421 g/mol. The predicted molar refractivity (Wildman–Crippen MR) is 113 cm³/mol. The molecule has 8 nitrogen and oxygen atoms in total. The van der Waals surface area contributed by atoms with Crippen LogP contribution in [0.4, 0.5) is 10.5 Å². The number of rotatable bonds is 6. The molecular formula is C23H23N3O5. The van der Waals surface area contributed by atoms with Gasteiger partial charge in [-0.1, -0.05) is 19.1 Å². The van der Waals surface area contributed by atoms with Gasteiger partial charge in [0.2, 0.25) is 5.91 Å². The van der Waals surface area contributed by atoms with E-state index in [1.165, 1.54) is 0 Å². The first-order chi connectivity index (χ1) is 14.8. The summed E-state index contributed by atoms with van der Waals surface area (Å²) in [6.45, 7) is 3.19. The number of hydrogen-bond acceptors (Lipinski definition) is 5. The summed E-state index contributed by atoms with van der Waals surface area (Å²) in [5, 5.41) is 5.53. The van der Waals surface area contributed by atoms with Gasteiger partial charge in [0.25, 0.3) is 5.91 Å². The van der Waals surface area contributed by atoms with Gasteiger partial charge in [0.05, 0.1) is 19.6 Å². The summed E-state index contributed by atoms with van der Waals surface area (Å²) in [6.07, 6.45) is 0.332. The van der Waals surface area contributed by atoms with Crippen LogP contribution in [0.15, 0.2) is 42.5 Å². The van der Waals surface area contributed by atoms with Crippen molar-refractivity contribution in [3.8, 4) is 5.75 Å². The van der Waals surface area contributed by atoms with Crippen molar-refractivity contribution in [3.05, 3.63) is 59.2 Å². The van der Waals surface area contributed by atoms with Gasteiger partial charge in [-0.25, -0.2) is 4.79 Å². The van der Waals surface area contributed by atoms with Crippen molar-refractivity contribution in [1.82, 2.24) is 10.2 Å². The largest absolute Gasteiger partial charge is 0.497 e. The molecule has 1 saturated heterocycles. The SMILES string of the molecule is CC[C@]1(c2ccc(OC)cc2)NC(=O)N(CC(=O)c2ccc3c(c2)[C@H](C)C(=O)N3)C1=O. The quantitative estimate of drug-likeness (QED) is 0.551. The number of carbonyl (C=O) groups excluding carboxylic acids is 4. The third-order valence-corrected chi connectivity index (χ3v) is 6.08. The molecular weight excluding hydrogens is 398 g/mol. The third kappa shape index (κ3) is 3.24. The van der Waals surface area contributed by atoms with Crippen molar-refractivity contribution in [3.63, 3.8) is 0 Å². The first kappa shape index (κ1) is 20.6. The number of amides is 4. The molecule has 2 atom stereocenters. The Morgan fingerprint density at radius 1 is 1.13 bits per heavy atom. The third-order valence-electron chi connectivity index (χ3n) is 6.08. The lowest BCUT2D eigenvalue weighted by Gasteiger charge is -2.26. The number of benzene rings is 2. The molecule has 0 spiro atoms. The van der Waals surface area contributed by atoms with E-state index in [-0.39, 0.29) is 24.2 Å². The van der Waals surface area contributed by atoms with E-state index >= 15 is 0 Å². The van der Waals surface area contributed by atoms with E-state index in [0.29, 0.717) is 29.0 Å². The number of imide groups is 1. The van der Waals surface area contributed by atoms with Gasteiger partial charge in [-0.05, 0) is 54.8 Å². The highest BCUT2D eigenvalue weighted by atomic mass is 16.5. The average Bonchev–Trinajstić information content (AvgIpc) is 3.21. The molecule has 4 amide bonds. The number of Topliss-reactive ketones (excluding diaryl/α,β-unsaturated/α-hetero) is 1. The first-order valence-corrected chi connectivity index (χ1v) is 10.1. The topological polar surface area (TPSA) is 105 Å². The van der Waals surface area contributed by atoms with Crippen molar-refractivity contribution in [2.45, 2.75) is 31.7 Å². The molecule has 2 aliphatic rings. The van der Waals surface area contributed by atoms with Crippen LogP contribution in [0.3, 0.4) is 0 Å². The zero-order valence-corrected chi connectivity index (χ0v) is 17.5. The van der Waals surface area contributed by atoms with Gasteiger partial charge in [0.15, 0.2) is 5.78 Å². The molecule has 160 valence electrons. The lowest BCUT2D eigenvalue weighted by molar-refractivity contribution is -0.131. The molecule has 0 saturated carbocycles. The molecule has 1 fully saturated rings. The molecule has 2 aromatic rings. The molecule has 2 aliphatic heterocycles. The van der Waals surface area contributed by atoms with E-state index in [2.05, 4.69) is 10.6 Å². The van der Waals surface area contributed by atoms with Crippen LogP contribution in [0.25, 0.3) is 0 Å². The minimum atomic E-state index is -1.23. The highest BCUT2D eigenvalue weighted by Gasteiger charge is 2.51. The first-order valence-electron chi connectivity index (χ1n) is 10.1. The van der Waals surface area contributed by atoms with E-state index in [4.69, 9.17) is 4.74 Å². The smallest absolute Gasteiger partial charge is 0.325 e. The molecule has 2 heterocycles. The van der Waals surface area contributed by atoms with Gasteiger partial charge in [-0.15, -0.1) is 0 Å². The van der Waals surface area contributed by atoms with Crippen molar-refractivity contribution in [2.75, 3.05) is 19.0 Å². The molecule has 0 bridgehead atoms. The fourth-order valence-electron chi connectivity index (χ4n) is 4.11. The predicted octanol–water partition coefficient (Wildman–Crippen LogP) is 2.79. The number of methoxy groups -OCH3 is 1. The molecule has 0 unspecified atom stereocenters. The Hall–Kier alpha value is -3.68. The van der Waals surface area contributed by atoms with Crippen molar-refractivity contribution in [2.24, 2.45) is 0 Å². The number of urea groups is 1. The van der Waals surface area contributed by atoms with Gasteiger partial charge in [0, 0.05) is 11.3 Å². The van der Waals surface area contributed by atoms with Crippen molar-refractivity contribution in [1.29, 1.82) is 0 Å². The Labute approximate surface area is 179 Å². The van der Waals surface area contributed by atoms with E-state index < -0.39 is 17.5 Å². The molecule has 2 N–H and O–H groups in total. The maximum atomic E-state index is 13.3. The Morgan fingerprint density at radius 3 is 2.48 bits per heavy atom. The highest BCUT2D eigenvalue weighted by Crippen LogP contribution is 2.35. The summed E-state index contributed by atoms with van der Waals surface area (Å²) < 4.78 is 5.16. The number of anilines is 1. The fourth-order valence-corrected chi connectivity index (χ4v) is 4.11. The van der Waals surface area contributed by atoms with Gasteiger partial charge in [-0.2, -0.15) is 0 Å². The fraction of sp³-hybridized carbons (Fsp3) is 0.304. The second-order valence-corrected chi connectivity index (χ2v) is 7.74. The summed E-state index contributed by atoms with van der Waals surface area (Å²) in [4.78, 5) is 51.6. The number of ketones is 1. The van der Waals surface area contributed by atoms with Crippen molar-refractivity contribution >= 4 is 29.3 Å². The zero-order valence-electron chi connectivity index (χ0n) is 17.5. The lowest BCUT2D eigenvalue weighted by Crippen LogP contribution is -2.43. The molecule has 8 heteroatoms. The monoisotopic (exact) mass is 421 g/mol. The second-order valence-electron chi connectivity index (χ2n) is 7.74. The maximum Gasteiger partial charge on any atom is 0.325 e. The maximum absolute atomic E-state index is 13.3. The molecule has 0 radical (unpaired) electrons. The normalized spacial score (nSPS) is 22.2. The summed E-state index contributed by atoms with van der Waals surface area (Å²) >= 11 is 0. The van der Waals surface area contributed by atoms with Crippen LogP contribution in [-0.2, 0) is 15.1 Å². The van der Waals surface area contributed by atoms with Crippen LogP contribution in [0.5, 0.6) is 5.75 Å². The summed E-state index contributed by atoms with van der Waals surface area (Å²) in [5.74, 6) is -0.690. The van der Waals surface area contributed by atoms with Gasteiger partial charge >= 0.3 is 6.03 Å². The van der Waals surface area contributed by atoms with E-state index in [0.717, 1.165) is 10.5 Å². The number of ether oxygens (including phenoxy) is 1. The van der Waals surface area contributed by atoms with Crippen LogP contribution in [0, 0.1) is 0 Å². The zero-order chi connectivity index (χ0) is 22.3. The Bertz CT molecular complexity index is 1090. The summed E-state index contributed by atoms with van der Waals surface area (Å²) in [6, 6.07) is 11.2. The van der Waals surface area contributed by atoms with E-state index in [1.54, 1.807) is 63.4 Å². The van der Waals surface area contributed by atoms with Gasteiger partial charge < -0.3 is 15.4 Å². The Kier molecular flexibility index (Phi) is 5.00.